The van der Waals surface area contributed by atoms with Crippen LogP contribution >= 0.6 is 0 Å². The largest absolute Gasteiger partial charge is 0.391 e. The van der Waals surface area contributed by atoms with Crippen LogP contribution in [-0.4, -0.2) is 113 Å². The lowest BCUT2D eigenvalue weighted by atomic mass is 9.83. The Morgan fingerprint density at radius 2 is 1.07 bits per heavy atom. The third-order valence-electron chi connectivity index (χ3n) is 14.7. The van der Waals surface area contributed by atoms with Crippen LogP contribution in [0.1, 0.15) is 123 Å². The molecular formula is C50H64N12O8. The fraction of sp³-hybridized carbons (Fsp3) is 0.520. The highest BCUT2D eigenvalue weighted by atomic mass is 16.5. The van der Waals surface area contributed by atoms with Crippen LogP contribution in [0.5, 0.6) is 0 Å². The van der Waals surface area contributed by atoms with Crippen molar-refractivity contribution in [2.45, 2.75) is 126 Å². The fourth-order valence-corrected chi connectivity index (χ4v) is 10.4. The summed E-state index contributed by atoms with van der Waals surface area (Å²) >= 11 is 0. The van der Waals surface area contributed by atoms with Gasteiger partial charge in [0.2, 0.25) is 0 Å². The van der Waals surface area contributed by atoms with Crippen molar-refractivity contribution in [1.82, 2.24) is 38.3 Å². The maximum atomic E-state index is 13.2. The molecule has 6 heterocycles. The van der Waals surface area contributed by atoms with Gasteiger partial charge in [-0.25, -0.2) is 9.97 Å². The molecule has 8 atom stereocenters. The van der Waals surface area contributed by atoms with E-state index in [2.05, 4.69) is 41.4 Å². The second kappa shape index (κ2) is 21.3. The molecule has 0 spiro atoms. The molecule has 4 aliphatic rings. The lowest BCUT2D eigenvalue weighted by molar-refractivity contribution is 0.0298. The number of hydrogen-bond donors (Lipinski definition) is 6. The molecule has 6 aromatic rings. The smallest absolute Gasteiger partial charge is 0.274 e. The van der Waals surface area contributed by atoms with Crippen molar-refractivity contribution >= 4 is 57.5 Å². The Morgan fingerprint density at radius 3 is 1.43 bits per heavy atom. The monoisotopic (exact) mass is 960 g/mol. The molecule has 4 saturated carbocycles. The van der Waals surface area contributed by atoms with E-state index in [0.717, 1.165) is 64.2 Å². The van der Waals surface area contributed by atoms with Gasteiger partial charge in [0.15, 0.2) is 22.9 Å². The first kappa shape index (κ1) is 48.5. The number of carbonyl (C=O) groups excluding carboxylic acids is 2. The van der Waals surface area contributed by atoms with Crippen LogP contribution in [-0.2, 0) is 9.47 Å². The second-order valence-corrected chi connectivity index (χ2v) is 19.1. The highest BCUT2D eigenvalue weighted by Gasteiger charge is 2.33. The molecule has 10 rings (SSSR count). The minimum absolute atomic E-state index is 0.00879. The molecule has 20 nitrogen and oxygen atoms in total. The van der Waals surface area contributed by atoms with Crippen LogP contribution in [0, 0.1) is 11.8 Å². The number of aromatic nitrogens is 8. The Balaban J connectivity index is 0.000000174. The van der Waals surface area contributed by atoms with Crippen LogP contribution < -0.4 is 32.4 Å². The maximum absolute atomic E-state index is 13.2. The van der Waals surface area contributed by atoms with Crippen LogP contribution in [0.25, 0.3) is 11.3 Å². The third kappa shape index (κ3) is 10.1. The van der Waals surface area contributed by atoms with Gasteiger partial charge in [-0.1, -0.05) is 12.8 Å². The van der Waals surface area contributed by atoms with Gasteiger partial charge in [-0.2, -0.15) is 19.2 Å². The van der Waals surface area contributed by atoms with Gasteiger partial charge in [0, 0.05) is 65.7 Å². The molecule has 0 radical (unpaired) electrons. The van der Waals surface area contributed by atoms with Crippen LogP contribution in [0.3, 0.4) is 0 Å². The first-order valence-electron chi connectivity index (χ1n) is 24.5. The summed E-state index contributed by atoms with van der Waals surface area (Å²) in [5.74, 6) is 2.72. The number of Topliss-reactive ketones (excluding diaryl/α,β-unsaturated/α-hetero) is 2. The summed E-state index contributed by atoms with van der Waals surface area (Å²) in [5.41, 5.74) is 2.07. The summed E-state index contributed by atoms with van der Waals surface area (Å²) in [5, 5.41) is 41.2. The lowest BCUT2D eigenvalue weighted by Gasteiger charge is -2.34. The molecule has 6 aromatic heterocycles. The number of pyridine rings is 2. The van der Waals surface area contributed by atoms with E-state index in [9.17, 15) is 29.4 Å². The van der Waals surface area contributed by atoms with Crippen molar-refractivity contribution in [3.05, 3.63) is 93.0 Å². The standard InChI is InChI=1S/2C25H32N6O4/c2*1-26-23-13-22(28-18-7-4-10-30(25(18)34)19-8-9-20(19)32)29-24-17(14-27-31(23)24)21(33)12-15-5-3-6-16(11-15)35-2/h2*4,7,10,13-16,19-20,26,32H,3,5-6,8-9,11-12H2,1-2H3,(H,28,29)/t15-,16-,19+,20-;15-,16-,19-,20+/m10/s1. The number of aliphatic hydroxyl groups excluding tert-OH is 2. The summed E-state index contributed by atoms with van der Waals surface area (Å²) in [4.78, 5) is 61.9. The van der Waals surface area contributed by atoms with Gasteiger partial charge in [-0.15, -0.1) is 0 Å². The minimum Gasteiger partial charge on any atom is -0.391 e. The van der Waals surface area contributed by atoms with E-state index in [1.165, 1.54) is 0 Å². The number of rotatable bonds is 16. The number of anilines is 6. The summed E-state index contributed by atoms with van der Waals surface area (Å²) in [6, 6.07) is 10.0. The maximum Gasteiger partial charge on any atom is 0.274 e. The quantitative estimate of drug-likeness (QED) is 0.0583. The molecule has 70 heavy (non-hydrogen) atoms. The van der Waals surface area contributed by atoms with Crippen molar-refractivity contribution in [2.75, 3.05) is 49.6 Å². The average molecular weight is 961 g/mol. The van der Waals surface area contributed by atoms with E-state index < -0.39 is 12.2 Å². The van der Waals surface area contributed by atoms with Crippen LogP contribution in [0.2, 0.25) is 0 Å². The minimum atomic E-state index is -0.503. The van der Waals surface area contributed by atoms with Crippen LogP contribution in [0.4, 0.5) is 34.6 Å². The van der Waals surface area contributed by atoms with Gasteiger partial charge in [-0.3, -0.25) is 19.2 Å². The Hall–Kier alpha value is -6.48. The van der Waals surface area contributed by atoms with Gasteiger partial charge >= 0.3 is 0 Å². The number of aliphatic hydroxyl groups is 2. The highest BCUT2D eigenvalue weighted by molar-refractivity contribution is 6.02. The average Bonchev–Trinajstić information content (AvgIpc) is 4.00. The first-order valence-corrected chi connectivity index (χ1v) is 24.5. The molecule has 4 aliphatic carbocycles. The molecule has 0 unspecified atom stereocenters. The zero-order chi connectivity index (χ0) is 49.1. The molecule has 4 fully saturated rings. The second-order valence-electron chi connectivity index (χ2n) is 19.1. The number of methoxy groups -OCH3 is 2. The zero-order valence-electron chi connectivity index (χ0n) is 40.2. The predicted molar refractivity (Wildman–Crippen MR) is 265 cm³/mol. The Morgan fingerprint density at radius 1 is 0.643 bits per heavy atom. The number of ketones is 2. The van der Waals surface area contributed by atoms with E-state index in [1.807, 2.05) is 0 Å². The van der Waals surface area contributed by atoms with Gasteiger partial charge in [0.25, 0.3) is 11.1 Å². The number of nitrogens with zero attached hydrogens (tertiary/aromatic N) is 8. The molecule has 372 valence electrons. The number of carbonyl (C=O) groups is 2. The first-order chi connectivity index (χ1) is 34.0. The Labute approximate surface area is 404 Å². The number of nitrogens with one attached hydrogen (secondary N) is 4. The molecule has 6 N–H and O–H groups in total. The predicted octanol–water partition coefficient (Wildman–Crippen LogP) is 6.30. The van der Waals surface area contributed by atoms with Crippen molar-refractivity contribution in [3.63, 3.8) is 0 Å². The molecule has 20 heteroatoms. The molecule has 0 aromatic carbocycles. The van der Waals surface area contributed by atoms with E-state index >= 15 is 0 Å². The lowest BCUT2D eigenvalue weighted by Crippen LogP contribution is -2.39. The number of ether oxygens (including phenoxy) is 2. The molecule has 0 saturated heterocycles. The van der Waals surface area contributed by atoms with Gasteiger partial charge in [-0.05, 0) is 100 Å². The van der Waals surface area contributed by atoms with Gasteiger partial charge in [0.05, 0.1) is 60.0 Å². The van der Waals surface area contributed by atoms with Crippen molar-refractivity contribution in [2.24, 2.45) is 11.8 Å². The molecule has 0 aliphatic heterocycles. The van der Waals surface area contributed by atoms with Gasteiger partial charge in [0.1, 0.15) is 34.6 Å². The SMILES string of the molecule is CNc1cc(Nc2cccn([C@H]3CC[C@H]3O)c2=O)nc2c(C(=O)C[C@@H]3CCC[C@@H](OC)C3)cnn12.CNc1cc(Nc2cccn([C@H]3CC[C@H]3O)c2=O)nc2c(C(=O)C[C@H]3CCC[C@H](OC)C3)cnn12. The van der Waals surface area contributed by atoms with E-state index in [-0.39, 0.29) is 58.8 Å². The normalized spacial score (nSPS) is 24.2. The third-order valence-corrected chi connectivity index (χ3v) is 14.7. The summed E-state index contributed by atoms with van der Waals surface area (Å²) in [6.45, 7) is 0. The van der Waals surface area contributed by atoms with Crippen LogP contribution in [0.15, 0.2) is 70.8 Å². The van der Waals surface area contributed by atoms with E-state index in [4.69, 9.17) is 9.47 Å². The summed E-state index contributed by atoms with van der Waals surface area (Å²) in [6.07, 6.45) is 17.8. The highest BCUT2D eigenvalue weighted by Crippen LogP contribution is 2.35. The zero-order valence-corrected chi connectivity index (χ0v) is 40.2. The number of fused-ring (bicyclic) bond motifs is 2. The molecular weight excluding hydrogens is 897 g/mol. The Kier molecular flexibility index (Phi) is 14.7. The Bertz CT molecular complexity index is 2770. The topological polar surface area (TPSA) is 246 Å². The molecule has 0 bridgehead atoms. The van der Waals surface area contributed by atoms with Crippen molar-refractivity contribution in [3.8, 4) is 0 Å². The van der Waals surface area contributed by atoms with Gasteiger partial charge < -0.3 is 50.1 Å². The molecule has 0 amide bonds. The fourth-order valence-electron chi connectivity index (χ4n) is 10.4. The summed E-state index contributed by atoms with van der Waals surface area (Å²) in [7, 11) is 6.99. The van der Waals surface area contributed by atoms with Crippen molar-refractivity contribution in [1.29, 1.82) is 0 Å². The van der Waals surface area contributed by atoms with E-state index in [1.54, 1.807) is 108 Å². The van der Waals surface area contributed by atoms with E-state index in [0.29, 0.717) is 82.8 Å². The summed E-state index contributed by atoms with van der Waals surface area (Å²) < 4.78 is 17.4. The number of hydrogen-bond acceptors (Lipinski definition) is 16. The van der Waals surface area contributed by atoms with Crippen molar-refractivity contribution < 1.29 is 29.3 Å².